The second-order valence-electron chi connectivity index (χ2n) is 6.39. The van der Waals surface area contributed by atoms with Crippen molar-refractivity contribution in [1.82, 2.24) is 9.97 Å². The third-order valence-corrected chi connectivity index (χ3v) is 5.05. The maximum atomic E-state index is 14.1. The van der Waals surface area contributed by atoms with Gasteiger partial charge in [0.1, 0.15) is 17.9 Å². The number of carbonyl (C=O) groups excluding carboxylic acids is 2. The number of halogens is 1. The summed E-state index contributed by atoms with van der Waals surface area (Å²) in [5.74, 6) is -1.24. The monoisotopic (exact) mass is 437 g/mol. The molecule has 4 rings (SSSR count). The fourth-order valence-electron chi connectivity index (χ4n) is 2.80. The number of nitrogens with zero attached hydrogens (tertiary/aromatic N) is 3. The lowest BCUT2D eigenvalue weighted by Gasteiger charge is -2.18. The Bertz CT molecular complexity index is 1250. The Hall–Kier alpha value is -3.85. The van der Waals surface area contributed by atoms with Crippen LogP contribution in [0.3, 0.4) is 0 Å². The topological polar surface area (TPSA) is 85.5 Å². The van der Waals surface area contributed by atoms with Crippen molar-refractivity contribution in [2.24, 2.45) is 0 Å². The number of rotatable bonds is 6. The van der Waals surface area contributed by atoms with Gasteiger partial charge in [0.15, 0.2) is 10.7 Å². The van der Waals surface area contributed by atoms with Crippen molar-refractivity contribution in [3.05, 3.63) is 77.4 Å². The number of thiazole rings is 1. The van der Waals surface area contributed by atoms with Crippen LogP contribution in [0.4, 0.5) is 15.2 Å². The summed E-state index contributed by atoms with van der Waals surface area (Å²) >= 11 is 1.15. The molecule has 0 bridgehead atoms. The van der Waals surface area contributed by atoms with E-state index in [2.05, 4.69) is 9.97 Å². The van der Waals surface area contributed by atoms with Gasteiger partial charge in [0.05, 0.1) is 11.4 Å². The molecule has 2 heterocycles. The summed E-state index contributed by atoms with van der Waals surface area (Å²) in [5, 5.41) is 1.93. The van der Waals surface area contributed by atoms with Crippen LogP contribution < -0.4 is 4.90 Å². The summed E-state index contributed by atoms with van der Waals surface area (Å²) in [5.41, 5.74) is 1.85. The van der Waals surface area contributed by atoms with Gasteiger partial charge in [-0.25, -0.2) is 19.2 Å². The first-order valence-corrected chi connectivity index (χ1v) is 10.1. The van der Waals surface area contributed by atoms with Crippen LogP contribution in [0, 0.1) is 5.82 Å². The Kier molecular flexibility index (Phi) is 5.85. The number of oxazole rings is 1. The summed E-state index contributed by atoms with van der Waals surface area (Å²) in [7, 11) is 0. The van der Waals surface area contributed by atoms with Gasteiger partial charge in [-0.1, -0.05) is 24.3 Å². The van der Waals surface area contributed by atoms with Gasteiger partial charge < -0.3 is 9.15 Å². The van der Waals surface area contributed by atoms with E-state index in [9.17, 15) is 14.0 Å². The summed E-state index contributed by atoms with van der Waals surface area (Å²) in [6.45, 7) is 1.22. The number of fused-ring (bicyclic) bond motifs is 1. The van der Waals surface area contributed by atoms with E-state index in [0.717, 1.165) is 11.3 Å². The first kappa shape index (κ1) is 20.4. The lowest BCUT2D eigenvalue weighted by atomic mass is 10.3. The zero-order valence-corrected chi connectivity index (χ0v) is 17.1. The van der Waals surface area contributed by atoms with Gasteiger partial charge in [0.25, 0.3) is 0 Å². The highest BCUT2D eigenvalue weighted by Crippen LogP contribution is 2.30. The second kappa shape index (κ2) is 8.88. The number of hydrogen-bond acceptors (Lipinski definition) is 7. The molecule has 0 N–H and O–H groups in total. The molecule has 0 saturated carbocycles. The molecule has 2 aromatic carbocycles. The van der Waals surface area contributed by atoms with Crippen LogP contribution in [-0.2, 0) is 20.9 Å². The minimum absolute atomic E-state index is 0.101. The highest BCUT2D eigenvalue weighted by atomic mass is 32.1. The lowest BCUT2D eigenvalue weighted by molar-refractivity contribution is -0.139. The predicted octanol–water partition coefficient (Wildman–Crippen LogP) is 4.86. The summed E-state index contributed by atoms with van der Waals surface area (Å²) in [4.78, 5) is 33.8. The molecule has 7 nitrogen and oxygen atoms in total. The van der Waals surface area contributed by atoms with E-state index in [1.807, 2.05) is 12.1 Å². The second-order valence-corrected chi connectivity index (χ2v) is 7.22. The van der Waals surface area contributed by atoms with Gasteiger partial charge in [-0.15, -0.1) is 11.3 Å². The zero-order chi connectivity index (χ0) is 21.8. The standard InChI is InChI=1S/C22H16FN3O4S/c1-14(27)26(18-8-4-2-6-16(18)23)22-24-15(13-31-22)12-29-21(28)11-10-20-25-17-7-3-5-9-19(17)30-20/h2-11,13H,12H2,1H3. The molecule has 31 heavy (non-hydrogen) atoms. The molecule has 156 valence electrons. The average molecular weight is 437 g/mol. The van der Waals surface area contributed by atoms with Crippen molar-refractivity contribution < 1.29 is 23.1 Å². The fourth-order valence-corrected chi connectivity index (χ4v) is 3.66. The SMILES string of the molecule is CC(=O)N(c1nc(COC(=O)C=Cc2nc3ccccc3o2)cs1)c1ccccc1F. The molecule has 0 fully saturated rings. The molecular weight excluding hydrogens is 421 g/mol. The molecule has 0 aliphatic heterocycles. The highest BCUT2D eigenvalue weighted by molar-refractivity contribution is 7.14. The molecule has 1 amide bonds. The van der Waals surface area contributed by atoms with Crippen molar-refractivity contribution in [3.8, 4) is 0 Å². The van der Waals surface area contributed by atoms with Crippen LogP contribution in [0.2, 0.25) is 0 Å². The number of amides is 1. The van der Waals surface area contributed by atoms with Crippen molar-refractivity contribution in [2.75, 3.05) is 4.90 Å². The van der Waals surface area contributed by atoms with Crippen LogP contribution in [0.15, 0.2) is 64.4 Å². The number of aromatic nitrogens is 2. The van der Waals surface area contributed by atoms with E-state index in [0.29, 0.717) is 16.8 Å². The van der Waals surface area contributed by atoms with Crippen molar-refractivity contribution >= 4 is 51.2 Å². The van der Waals surface area contributed by atoms with Gasteiger partial charge in [-0.3, -0.25) is 9.69 Å². The third kappa shape index (κ3) is 4.67. The Balaban J connectivity index is 1.41. The molecule has 0 saturated heterocycles. The maximum absolute atomic E-state index is 14.1. The number of benzene rings is 2. The molecule has 0 aliphatic carbocycles. The summed E-state index contributed by atoms with van der Waals surface area (Å²) in [6, 6.07) is 13.2. The van der Waals surface area contributed by atoms with E-state index in [-0.39, 0.29) is 29.2 Å². The number of carbonyl (C=O) groups is 2. The van der Waals surface area contributed by atoms with Crippen LogP contribution in [0.1, 0.15) is 18.5 Å². The molecule has 0 unspecified atom stereocenters. The van der Waals surface area contributed by atoms with Crippen molar-refractivity contribution in [3.63, 3.8) is 0 Å². The van der Waals surface area contributed by atoms with Gasteiger partial charge in [0, 0.05) is 24.5 Å². The Labute approximate surface area is 180 Å². The predicted molar refractivity (Wildman–Crippen MR) is 114 cm³/mol. The molecule has 0 aliphatic rings. The van der Waals surface area contributed by atoms with E-state index in [1.165, 1.54) is 42.2 Å². The largest absolute Gasteiger partial charge is 0.456 e. The quantitative estimate of drug-likeness (QED) is 0.316. The molecule has 0 radical (unpaired) electrons. The molecule has 4 aromatic rings. The van der Waals surface area contributed by atoms with E-state index in [1.54, 1.807) is 23.6 Å². The van der Waals surface area contributed by atoms with Gasteiger partial charge in [-0.05, 0) is 24.3 Å². The Morgan fingerprint density at radius 1 is 1.16 bits per heavy atom. The van der Waals surface area contributed by atoms with Crippen LogP contribution >= 0.6 is 11.3 Å². The summed E-state index contributed by atoms with van der Waals surface area (Å²) < 4.78 is 24.8. The van der Waals surface area contributed by atoms with Crippen LogP contribution in [-0.4, -0.2) is 21.8 Å². The number of anilines is 2. The minimum atomic E-state index is -0.602. The lowest BCUT2D eigenvalue weighted by Crippen LogP contribution is -2.23. The average Bonchev–Trinajstić information content (AvgIpc) is 3.39. The third-order valence-electron chi connectivity index (χ3n) is 4.17. The molecular formula is C22H16FN3O4S. The highest BCUT2D eigenvalue weighted by Gasteiger charge is 2.21. The van der Waals surface area contributed by atoms with E-state index in [4.69, 9.17) is 9.15 Å². The Morgan fingerprint density at radius 2 is 1.94 bits per heavy atom. The normalized spacial score (nSPS) is 11.2. The van der Waals surface area contributed by atoms with Crippen molar-refractivity contribution in [2.45, 2.75) is 13.5 Å². The zero-order valence-electron chi connectivity index (χ0n) is 16.3. The number of ether oxygens (including phenoxy) is 1. The maximum Gasteiger partial charge on any atom is 0.331 e. The minimum Gasteiger partial charge on any atom is -0.456 e. The Morgan fingerprint density at radius 3 is 2.71 bits per heavy atom. The molecule has 0 atom stereocenters. The van der Waals surface area contributed by atoms with Crippen LogP contribution in [0.25, 0.3) is 17.2 Å². The molecule has 2 aromatic heterocycles. The van der Waals surface area contributed by atoms with E-state index < -0.39 is 11.8 Å². The molecule has 9 heteroatoms. The number of para-hydroxylation sites is 3. The van der Waals surface area contributed by atoms with E-state index >= 15 is 0 Å². The van der Waals surface area contributed by atoms with Crippen molar-refractivity contribution in [1.29, 1.82) is 0 Å². The number of hydrogen-bond donors (Lipinski definition) is 0. The summed E-state index contributed by atoms with van der Waals surface area (Å²) in [6.07, 6.45) is 2.63. The van der Waals surface area contributed by atoms with Gasteiger partial charge in [0.2, 0.25) is 11.8 Å². The molecule has 0 spiro atoms. The van der Waals surface area contributed by atoms with Gasteiger partial charge in [-0.2, -0.15) is 0 Å². The van der Waals surface area contributed by atoms with Crippen LogP contribution in [0.5, 0.6) is 0 Å². The van der Waals surface area contributed by atoms with Gasteiger partial charge >= 0.3 is 5.97 Å². The number of esters is 1. The first-order chi connectivity index (χ1) is 15.0. The smallest absolute Gasteiger partial charge is 0.331 e. The first-order valence-electron chi connectivity index (χ1n) is 9.21. The fraction of sp³-hybridized carbons (Fsp3) is 0.0909.